The maximum Gasteiger partial charge on any atom is 0.226 e. The van der Waals surface area contributed by atoms with Crippen LogP contribution in [0.3, 0.4) is 0 Å². The van der Waals surface area contributed by atoms with Crippen molar-refractivity contribution < 1.29 is 4.79 Å². The zero-order chi connectivity index (χ0) is 14.7. The average molecular weight is 284 g/mol. The lowest BCUT2D eigenvalue weighted by molar-refractivity contribution is -0.129. The molecule has 1 aliphatic heterocycles. The van der Waals surface area contributed by atoms with Gasteiger partial charge in [0.2, 0.25) is 5.91 Å². The number of nitrogens with zero attached hydrogens (tertiary/aromatic N) is 4. The number of hydrogen-bond acceptors (Lipinski definition) is 3. The summed E-state index contributed by atoms with van der Waals surface area (Å²) in [6.45, 7) is 1.80. The van der Waals surface area contributed by atoms with Gasteiger partial charge in [0.05, 0.1) is 6.42 Å². The van der Waals surface area contributed by atoms with E-state index in [0.29, 0.717) is 12.3 Å². The summed E-state index contributed by atoms with van der Waals surface area (Å²) in [4.78, 5) is 22.5. The van der Waals surface area contributed by atoms with Crippen LogP contribution in [0.25, 0.3) is 0 Å². The number of fused-ring (bicyclic) bond motifs is 1. The van der Waals surface area contributed by atoms with E-state index in [0.717, 1.165) is 37.3 Å². The van der Waals surface area contributed by atoms with Gasteiger partial charge in [0.25, 0.3) is 0 Å². The first-order valence-electron chi connectivity index (χ1n) is 7.35. The fourth-order valence-electron chi connectivity index (χ4n) is 2.87. The lowest BCUT2D eigenvalue weighted by Gasteiger charge is -2.27. The van der Waals surface area contributed by atoms with Crippen molar-refractivity contribution in [2.24, 2.45) is 5.92 Å². The summed E-state index contributed by atoms with van der Waals surface area (Å²) in [5.74, 6) is 1.79. The Bertz CT molecular complexity index is 608. The molecule has 0 aliphatic carbocycles. The summed E-state index contributed by atoms with van der Waals surface area (Å²) in [6, 6.07) is 3.81. The van der Waals surface area contributed by atoms with Gasteiger partial charge in [-0.15, -0.1) is 0 Å². The third-order valence-corrected chi connectivity index (χ3v) is 4.09. The first-order chi connectivity index (χ1) is 10.2. The van der Waals surface area contributed by atoms with Crippen molar-refractivity contribution in [3.05, 3.63) is 48.3 Å². The van der Waals surface area contributed by atoms with Gasteiger partial charge in [0.15, 0.2) is 0 Å². The zero-order valence-electron chi connectivity index (χ0n) is 12.3. The highest BCUT2D eigenvalue weighted by Gasteiger charge is 2.22. The Balaban J connectivity index is 1.54. The number of amides is 1. The van der Waals surface area contributed by atoms with Crippen LogP contribution in [-0.4, -0.2) is 38.9 Å². The predicted molar refractivity (Wildman–Crippen MR) is 79.6 cm³/mol. The fourth-order valence-corrected chi connectivity index (χ4v) is 2.87. The molecule has 1 aliphatic rings. The molecule has 0 aromatic carbocycles. The molecule has 0 spiro atoms. The van der Waals surface area contributed by atoms with Gasteiger partial charge in [-0.1, -0.05) is 6.07 Å². The third kappa shape index (κ3) is 3.29. The minimum Gasteiger partial charge on any atom is -0.345 e. The van der Waals surface area contributed by atoms with E-state index in [9.17, 15) is 4.79 Å². The Morgan fingerprint density at radius 1 is 1.48 bits per heavy atom. The van der Waals surface area contributed by atoms with Crippen molar-refractivity contribution in [1.82, 2.24) is 19.4 Å². The molecule has 1 atom stereocenters. The molecule has 0 fully saturated rings. The number of aromatic nitrogens is 3. The lowest BCUT2D eigenvalue weighted by Crippen LogP contribution is -2.35. The van der Waals surface area contributed by atoms with Gasteiger partial charge in [-0.05, 0) is 24.0 Å². The second-order valence-corrected chi connectivity index (χ2v) is 5.71. The highest BCUT2D eigenvalue weighted by atomic mass is 16.2. The van der Waals surface area contributed by atoms with Crippen molar-refractivity contribution in [3.8, 4) is 0 Å². The Hall–Kier alpha value is -2.17. The van der Waals surface area contributed by atoms with Gasteiger partial charge < -0.3 is 9.47 Å². The largest absolute Gasteiger partial charge is 0.345 e. The van der Waals surface area contributed by atoms with Crippen LogP contribution in [0.1, 0.15) is 17.8 Å². The molecular weight excluding hydrogens is 264 g/mol. The highest BCUT2D eigenvalue weighted by Crippen LogP contribution is 2.20. The van der Waals surface area contributed by atoms with Gasteiger partial charge in [-0.3, -0.25) is 9.78 Å². The molecule has 21 heavy (non-hydrogen) atoms. The van der Waals surface area contributed by atoms with Crippen LogP contribution < -0.4 is 0 Å². The summed E-state index contributed by atoms with van der Waals surface area (Å²) in [7, 11) is 1.89. The Morgan fingerprint density at radius 2 is 2.38 bits per heavy atom. The van der Waals surface area contributed by atoms with Gasteiger partial charge in [-0.25, -0.2) is 4.98 Å². The summed E-state index contributed by atoms with van der Waals surface area (Å²) in [5, 5.41) is 0. The number of carbonyl (C=O) groups excluding carboxylic acids is 1. The SMILES string of the molecule is CN(C[C@H]1CCn2ccnc2C1)C(=O)Cc1cccnc1. The predicted octanol–water partition coefficient (Wildman–Crippen LogP) is 1.54. The molecule has 2 aromatic heterocycles. The van der Waals surface area contributed by atoms with Crippen LogP contribution in [0, 0.1) is 5.92 Å². The summed E-state index contributed by atoms with van der Waals surface area (Å²) < 4.78 is 2.20. The van der Waals surface area contributed by atoms with E-state index in [4.69, 9.17) is 0 Å². The molecular formula is C16H20N4O. The third-order valence-electron chi connectivity index (χ3n) is 4.09. The van der Waals surface area contributed by atoms with Crippen LogP contribution in [-0.2, 0) is 24.2 Å². The van der Waals surface area contributed by atoms with E-state index in [1.165, 1.54) is 0 Å². The number of imidazole rings is 1. The van der Waals surface area contributed by atoms with E-state index >= 15 is 0 Å². The maximum atomic E-state index is 12.3. The van der Waals surface area contributed by atoms with E-state index in [-0.39, 0.29) is 5.91 Å². The van der Waals surface area contributed by atoms with Gasteiger partial charge in [0, 0.05) is 51.3 Å². The van der Waals surface area contributed by atoms with Gasteiger partial charge in [0.1, 0.15) is 5.82 Å². The van der Waals surface area contributed by atoms with Crippen molar-refractivity contribution >= 4 is 5.91 Å². The van der Waals surface area contributed by atoms with Crippen molar-refractivity contribution in [2.75, 3.05) is 13.6 Å². The van der Waals surface area contributed by atoms with E-state index in [1.807, 2.05) is 36.5 Å². The van der Waals surface area contributed by atoms with Crippen LogP contribution >= 0.6 is 0 Å². The quantitative estimate of drug-likeness (QED) is 0.856. The number of aryl methyl sites for hydroxylation is 1. The van der Waals surface area contributed by atoms with Crippen molar-refractivity contribution in [3.63, 3.8) is 0 Å². The molecule has 0 radical (unpaired) electrons. The minimum atomic E-state index is 0.150. The second kappa shape index (κ2) is 6.08. The molecule has 5 nitrogen and oxygen atoms in total. The van der Waals surface area contributed by atoms with Crippen molar-refractivity contribution in [2.45, 2.75) is 25.8 Å². The normalized spacial score (nSPS) is 17.3. The fraction of sp³-hybridized carbons (Fsp3) is 0.438. The van der Waals surface area contributed by atoms with Crippen LogP contribution in [0.15, 0.2) is 36.9 Å². The first-order valence-corrected chi connectivity index (χ1v) is 7.35. The molecule has 1 amide bonds. The monoisotopic (exact) mass is 284 g/mol. The standard InChI is InChI=1S/C16H20N4O/c1-19(16(21)10-13-3-2-5-17-11-13)12-14-4-7-20-8-6-18-15(20)9-14/h2-3,5-6,8,11,14H,4,7,9-10,12H2,1H3/t14-/m0/s1. The lowest BCUT2D eigenvalue weighted by atomic mass is 9.97. The number of pyridine rings is 1. The molecule has 5 heteroatoms. The van der Waals surface area contributed by atoms with Gasteiger partial charge in [-0.2, -0.15) is 0 Å². The Kier molecular flexibility index (Phi) is 3.99. The maximum absolute atomic E-state index is 12.3. The molecule has 0 N–H and O–H groups in total. The van der Waals surface area contributed by atoms with E-state index < -0.39 is 0 Å². The molecule has 0 saturated carbocycles. The number of carbonyl (C=O) groups is 1. The Labute approximate surface area is 124 Å². The minimum absolute atomic E-state index is 0.150. The van der Waals surface area contributed by atoms with Crippen molar-refractivity contribution in [1.29, 1.82) is 0 Å². The smallest absolute Gasteiger partial charge is 0.226 e. The number of likely N-dealkylation sites (N-methyl/N-ethyl adjacent to an activating group) is 1. The summed E-state index contributed by atoms with van der Waals surface area (Å²) in [6.07, 6.45) is 9.85. The topological polar surface area (TPSA) is 51.0 Å². The van der Waals surface area contributed by atoms with Crippen LogP contribution in [0.2, 0.25) is 0 Å². The molecule has 0 unspecified atom stereocenters. The summed E-state index contributed by atoms with van der Waals surface area (Å²) in [5.41, 5.74) is 0.966. The average Bonchev–Trinajstić information content (AvgIpc) is 2.95. The molecule has 0 bridgehead atoms. The van der Waals surface area contributed by atoms with Crippen LogP contribution in [0.5, 0.6) is 0 Å². The first kappa shape index (κ1) is 13.8. The summed E-state index contributed by atoms with van der Waals surface area (Å²) >= 11 is 0. The zero-order valence-corrected chi connectivity index (χ0v) is 12.3. The Morgan fingerprint density at radius 3 is 3.19 bits per heavy atom. The highest BCUT2D eigenvalue weighted by molar-refractivity contribution is 5.78. The molecule has 2 aromatic rings. The van der Waals surface area contributed by atoms with Gasteiger partial charge >= 0.3 is 0 Å². The number of hydrogen-bond donors (Lipinski definition) is 0. The van der Waals surface area contributed by atoms with E-state index in [2.05, 4.69) is 14.5 Å². The van der Waals surface area contributed by atoms with Crippen LogP contribution in [0.4, 0.5) is 0 Å². The molecule has 3 heterocycles. The molecule has 3 rings (SSSR count). The molecule has 110 valence electrons. The second-order valence-electron chi connectivity index (χ2n) is 5.71. The molecule has 0 saturated heterocycles. The van der Waals surface area contributed by atoms with E-state index in [1.54, 1.807) is 12.4 Å². The number of rotatable bonds is 4.